The predicted octanol–water partition coefficient (Wildman–Crippen LogP) is 5.07. The molecule has 3 aromatic rings. The molecule has 2 aromatic carbocycles. The third-order valence-corrected chi connectivity index (χ3v) is 6.60. The monoisotopic (exact) mass is 442 g/mol. The highest BCUT2D eigenvalue weighted by molar-refractivity contribution is 6.31. The van der Waals surface area contributed by atoms with Gasteiger partial charge in [0, 0.05) is 22.5 Å². The number of piperidine rings is 1. The Morgan fingerprint density at radius 1 is 0.933 bits per heavy atom. The van der Waals surface area contributed by atoms with Gasteiger partial charge in [0.05, 0.1) is 12.1 Å². The van der Waals surface area contributed by atoms with E-state index in [4.69, 9.17) is 27.9 Å². The van der Waals surface area contributed by atoms with Crippen molar-refractivity contribution in [1.29, 1.82) is 0 Å². The minimum atomic E-state index is 0.429. The fraction of sp³-hybridized carbons (Fsp3) is 0.391. The molecule has 0 bridgehead atoms. The first kappa shape index (κ1) is 19.9. The van der Waals surface area contributed by atoms with Gasteiger partial charge in [0.15, 0.2) is 5.82 Å². The van der Waals surface area contributed by atoms with Crippen LogP contribution in [0.4, 0.5) is 0 Å². The van der Waals surface area contributed by atoms with Gasteiger partial charge in [-0.05, 0) is 68.2 Å². The molecule has 5 rings (SSSR count). The van der Waals surface area contributed by atoms with Gasteiger partial charge in [0.1, 0.15) is 18.2 Å². The van der Waals surface area contributed by atoms with E-state index in [1.165, 1.54) is 5.56 Å². The van der Waals surface area contributed by atoms with Crippen LogP contribution < -0.4 is 4.74 Å². The lowest BCUT2D eigenvalue weighted by Crippen LogP contribution is -2.35. The van der Waals surface area contributed by atoms with E-state index in [1.807, 2.05) is 30.3 Å². The summed E-state index contributed by atoms with van der Waals surface area (Å²) < 4.78 is 8.15. The number of hydrogen-bond acceptors (Lipinski definition) is 4. The summed E-state index contributed by atoms with van der Waals surface area (Å²) in [7, 11) is 0. The number of rotatable bonds is 4. The maximum absolute atomic E-state index is 6.22. The summed E-state index contributed by atoms with van der Waals surface area (Å²) in [4.78, 5) is 2.54. The van der Waals surface area contributed by atoms with Crippen molar-refractivity contribution in [2.75, 3.05) is 26.2 Å². The van der Waals surface area contributed by atoms with Crippen LogP contribution >= 0.6 is 23.2 Å². The molecule has 0 atom stereocenters. The molecular formula is C23H24Cl2N4O. The van der Waals surface area contributed by atoms with Gasteiger partial charge in [-0.1, -0.05) is 35.3 Å². The number of hydrogen-bond donors (Lipinski definition) is 0. The van der Waals surface area contributed by atoms with Crippen LogP contribution in [0, 0.1) is 0 Å². The van der Waals surface area contributed by atoms with E-state index >= 15 is 0 Å². The standard InChI is InChI=1S/C23H24Cl2N4O/c24-18-3-1-16(2-4-18)7-10-28-11-8-17(9-12-28)22-26-27-23-20-15-19(25)5-6-21(20)30-14-13-29(22)23/h1-6,15,17H,7-14H2. The Morgan fingerprint density at radius 2 is 1.70 bits per heavy atom. The molecule has 156 valence electrons. The second-order valence-corrected chi connectivity index (χ2v) is 8.89. The minimum absolute atomic E-state index is 0.429. The highest BCUT2D eigenvalue weighted by atomic mass is 35.5. The normalized spacial score (nSPS) is 17.1. The van der Waals surface area contributed by atoms with Crippen molar-refractivity contribution in [3.8, 4) is 17.1 Å². The zero-order chi connectivity index (χ0) is 20.5. The summed E-state index contributed by atoms with van der Waals surface area (Å²) in [6.07, 6.45) is 3.25. The molecule has 0 amide bonds. The number of likely N-dealkylation sites (tertiary alicyclic amines) is 1. The molecule has 2 aliphatic rings. The molecule has 0 unspecified atom stereocenters. The third-order valence-electron chi connectivity index (χ3n) is 6.12. The van der Waals surface area contributed by atoms with Crippen LogP contribution in [-0.2, 0) is 13.0 Å². The van der Waals surface area contributed by atoms with E-state index in [2.05, 4.69) is 31.8 Å². The first-order valence-corrected chi connectivity index (χ1v) is 11.3. The van der Waals surface area contributed by atoms with Gasteiger partial charge in [0.25, 0.3) is 0 Å². The molecule has 1 fully saturated rings. The minimum Gasteiger partial charge on any atom is -0.491 e. The van der Waals surface area contributed by atoms with Crippen LogP contribution in [-0.4, -0.2) is 45.9 Å². The molecule has 30 heavy (non-hydrogen) atoms. The second kappa shape index (κ2) is 8.58. The lowest BCUT2D eigenvalue weighted by atomic mass is 9.95. The van der Waals surface area contributed by atoms with E-state index in [9.17, 15) is 0 Å². The van der Waals surface area contributed by atoms with Crippen LogP contribution in [0.25, 0.3) is 11.4 Å². The van der Waals surface area contributed by atoms with E-state index in [1.54, 1.807) is 0 Å². The molecular weight excluding hydrogens is 419 g/mol. The Kier molecular flexibility index (Phi) is 5.68. The van der Waals surface area contributed by atoms with Crippen molar-refractivity contribution >= 4 is 23.2 Å². The Balaban J connectivity index is 1.26. The zero-order valence-corrected chi connectivity index (χ0v) is 18.2. The van der Waals surface area contributed by atoms with Crippen molar-refractivity contribution in [3.05, 3.63) is 63.9 Å². The van der Waals surface area contributed by atoms with E-state index in [0.717, 1.165) is 73.4 Å². The Hall–Kier alpha value is -2.08. The number of fused-ring (bicyclic) bond motifs is 3. The quantitative estimate of drug-likeness (QED) is 0.565. The Bertz CT molecular complexity index is 1030. The van der Waals surface area contributed by atoms with Gasteiger partial charge >= 0.3 is 0 Å². The van der Waals surface area contributed by atoms with Crippen LogP contribution in [0.5, 0.6) is 5.75 Å². The summed E-state index contributed by atoms with van der Waals surface area (Å²) in [6, 6.07) is 13.9. The summed E-state index contributed by atoms with van der Waals surface area (Å²) in [5, 5.41) is 10.6. The number of nitrogens with zero attached hydrogens (tertiary/aromatic N) is 4. The van der Waals surface area contributed by atoms with Crippen LogP contribution in [0.15, 0.2) is 42.5 Å². The molecule has 0 spiro atoms. The lowest BCUT2D eigenvalue weighted by molar-refractivity contribution is 0.208. The highest BCUT2D eigenvalue weighted by Gasteiger charge is 2.28. The first-order chi connectivity index (χ1) is 14.7. The SMILES string of the molecule is Clc1ccc(CCN2CCC(c3nnc4n3CCOc3ccc(Cl)cc3-4)CC2)cc1. The molecule has 0 radical (unpaired) electrons. The predicted molar refractivity (Wildman–Crippen MR) is 120 cm³/mol. The zero-order valence-electron chi connectivity index (χ0n) is 16.7. The van der Waals surface area contributed by atoms with Crippen LogP contribution in [0.2, 0.25) is 10.0 Å². The summed E-state index contributed by atoms with van der Waals surface area (Å²) in [5.74, 6) is 3.21. The van der Waals surface area contributed by atoms with Gasteiger partial charge in [-0.3, -0.25) is 0 Å². The fourth-order valence-corrected chi connectivity index (χ4v) is 4.74. The van der Waals surface area contributed by atoms with Crippen molar-refractivity contribution in [2.45, 2.75) is 31.7 Å². The lowest BCUT2D eigenvalue weighted by Gasteiger charge is -2.31. The number of ether oxygens (including phenoxy) is 1. The average molecular weight is 443 g/mol. The number of halogens is 2. The molecule has 7 heteroatoms. The molecule has 0 N–H and O–H groups in total. The smallest absolute Gasteiger partial charge is 0.167 e. The molecule has 1 aromatic heterocycles. The Morgan fingerprint density at radius 3 is 2.50 bits per heavy atom. The van der Waals surface area contributed by atoms with E-state index in [-0.39, 0.29) is 0 Å². The maximum atomic E-state index is 6.22. The maximum Gasteiger partial charge on any atom is 0.167 e. The third kappa shape index (κ3) is 4.07. The molecule has 0 saturated carbocycles. The molecule has 1 saturated heterocycles. The van der Waals surface area contributed by atoms with Crippen molar-refractivity contribution in [3.63, 3.8) is 0 Å². The first-order valence-electron chi connectivity index (χ1n) is 10.5. The molecule has 2 aliphatic heterocycles. The second-order valence-electron chi connectivity index (χ2n) is 8.01. The van der Waals surface area contributed by atoms with Gasteiger partial charge < -0.3 is 14.2 Å². The topological polar surface area (TPSA) is 43.2 Å². The number of aromatic nitrogens is 3. The van der Waals surface area contributed by atoms with Gasteiger partial charge in [0.2, 0.25) is 0 Å². The van der Waals surface area contributed by atoms with E-state index < -0.39 is 0 Å². The van der Waals surface area contributed by atoms with Gasteiger partial charge in [-0.15, -0.1) is 10.2 Å². The highest BCUT2D eigenvalue weighted by Crippen LogP contribution is 2.36. The van der Waals surface area contributed by atoms with Crippen molar-refractivity contribution in [2.24, 2.45) is 0 Å². The van der Waals surface area contributed by atoms with Gasteiger partial charge in [-0.2, -0.15) is 0 Å². The van der Waals surface area contributed by atoms with E-state index in [0.29, 0.717) is 17.5 Å². The fourth-order valence-electron chi connectivity index (χ4n) is 4.44. The Labute approximate surface area is 186 Å². The number of benzene rings is 2. The summed E-state index contributed by atoms with van der Waals surface area (Å²) in [5.41, 5.74) is 2.26. The summed E-state index contributed by atoms with van der Waals surface area (Å²) in [6.45, 7) is 4.62. The van der Waals surface area contributed by atoms with Crippen LogP contribution in [0.1, 0.15) is 30.1 Å². The summed E-state index contributed by atoms with van der Waals surface area (Å²) >= 11 is 12.2. The van der Waals surface area contributed by atoms with Crippen molar-refractivity contribution < 1.29 is 4.74 Å². The molecule has 5 nitrogen and oxygen atoms in total. The largest absolute Gasteiger partial charge is 0.491 e. The molecule has 0 aliphatic carbocycles. The van der Waals surface area contributed by atoms with Crippen LogP contribution in [0.3, 0.4) is 0 Å². The average Bonchev–Trinajstić information content (AvgIpc) is 3.10. The van der Waals surface area contributed by atoms with Crippen molar-refractivity contribution in [1.82, 2.24) is 19.7 Å². The van der Waals surface area contributed by atoms with Gasteiger partial charge in [-0.25, -0.2) is 0 Å². The molecule has 3 heterocycles.